The summed E-state index contributed by atoms with van der Waals surface area (Å²) >= 11 is 0. The quantitative estimate of drug-likeness (QED) is 0.755. The lowest BCUT2D eigenvalue weighted by Crippen LogP contribution is -2.29. The van der Waals surface area contributed by atoms with Crippen LogP contribution in [0, 0.1) is 5.82 Å². The topological polar surface area (TPSA) is 58.2 Å². The predicted molar refractivity (Wildman–Crippen MR) is 96.9 cm³/mol. The van der Waals surface area contributed by atoms with Crippen LogP contribution in [-0.2, 0) is 16.0 Å². The van der Waals surface area contributed by atoms with Crippen LogP contribution in [-0.4, -0.2) is 18.4 Å². The molecule has 2 aromatic rings. The van der Waals surface area contributed by atoms with E-state index in [9.17, 15) is 14.0 Å². The van der Waals surface area contributed by atoms with Crippen molar-refractivity contribution < 1.29 is 14.0 Å². The maximum atomic E-state index is 13.5. The Kier molecular flexibility index (Phi) is 6.69. The van der Waals surface area contributed by atoms with E-state index >= 15 is 0 Å². The van der Waals surface area contributed by atoms with Gasteiger partial charge in [-0.25, -0.2) is 4.39 Å². The van der Waals surface area contributed by atoms with Crippen molar-refractivity contribution >= 4 is 17.5 Å². The van der Waals surface area contributed by atoms with Gasteiger partial charge in [-0.15, -0.1) is 0 Å². The number of hydrogen-bond acceptors (Lipinski definition) is 2. The summed E-state index contributed by atoms with van der Waals surface area (Å²) in [6.07, 6.45) is 0.125. The SMILES string of the molecule is CC(C)c1ccc(NC(=O)CC(=O)NCCc2ccccc2F)cc1. The maximum Gasteiger partial charge on any atom is 0.233 e. The van der Waals surface area contributed by atoms with E-state index in [2.05, 4.69) is 24.5 Å². The van der Waals surface area contributed by atoms with Crippen LogP contribution in [0.15, 0.2) is 48.5 Å². The Morgan fingerprint density at radius 1 is 1.00 bits per heavy atom. The third kappa shape index (κ3) is 6.03. The lowest BCUT2D eigenvalue weighted by molar-refractivity contribution is -0.126. The Balaban J connectivity index is 1.74. The molecule has 132 valence electrons. The molecule has 2 amide bonds. The van der Waals surface area contributed by atoms with E-state index in [4.69, 9.17) is 0 Å². The molecular formula is C20H23FN2O2. The van der Waals surface area contributed by atoms with Gasteiger partial charge in [0.1, 0.15) is 12.2 Å². The van der Waals surface area contributed by atoms with E-state index in [0.29, 0.717) is 23.6 Å². The number of carbonyl (C=O) groups excluding carboxylic acids is 2. The number of anilines is 1. The van der Waals surface area contributed by atoms with Crippen molar-refractivity contribution in [2.24, 2.45) is 0 Å². The third-order valence-electron chi connectivity index (χ3n) is 3.86. The van der Waals surface area contributed by atoms with E-state index in [1.165, 1.54) is 11.6 Å². The summed E-state index contributed by atoms with van der Waals surface area (Å²) in [4.78, 5) is 23.7. The van der Waals surface area contributed by atoms with Gasteiger partial charge in [0, 0.05) is 12.2 Å². The van der Waals surface area contributed by atoms with Crippen LogP contribution < -0.4 is 10.6 Å². The molecule has 0 fully saturated rings. The maximum absolute atomic E-state index is 13.5. The Morgan fingerprint density at radius 3 is 2.32 bits per heavy atom. The molecule has 0 aliphatic rings. The highest BCUT2D eigenvalue weighted by Crippen LogP contribution is 2.17. The molecule has 2 N–H and O–H groups in total. The molecule has 0 spiro atoms. The van der Waals surface area contributed by atoms with Gasteiger partial charge < -0.3 is 10.6 Å². The molecule has 5 heteroatoms. The van der Waals surface area contributed by atoms with Gasteiger partial charge in [0.25, 0.3) is 0 Å². The van der Waals surface area contributed by atoms with Crippen molar-refractivity contribution in [3.8, 4) is 0 Å². The van der Waals surface area contributed by atoms with Crippen molar-refractivity contribution in [3.05, 3.63) is 65.5 Å². The number of nitrogens with one attached hydrogen (secondary N) is 2. The van der Waals surface area contributed by atoms with Gasteiger partial charge in [-0.3, -0.25) is 9.59 Å². The van der Waals surface area contributed by atoms with Gasteiger partial charge in [0.2, 0.25) is 11.8 Å². The molecule has 2 aromatic carbocycles. The second-order valence-electron chi connectivity index (χ2n) is 6.19. The van der Waals surface area contributed by atoms with E-state index in [-0.39, 0.29) is 30.6 Å². The first-order valence-corrected chi connectivity index (χ1v) is 8.35. The molecule has 0 saturated carbocycles. The average Bonchev–Trinajstić information content (AvgIpc) is 2.57. The zero-order valence-electron chi connectivity index (χ0n) is 14.5. The Morgan fingerprint density at radius 2 is 1.68 bits per heavy atom. The van der Waals surface area contributed by atoms with Gasteiger partial charge in [-0.05, 0) is 41.7 Å². The highest BCUT2D eigenvalue weighted by Gasteiger charge is 2.10. The summed E-state index contributed by atoms with van der Waals surface area (Å²) < 4.78 is 13.5. The zero-order chi connectivity index (χ0) is 18.2. The van der Waals surface area contributed by atoms with E-state index in [1.807, 2.05) is 24.3 Å². The van der Waals surface area contributed by atoms with Gasteiger partial charge in [0.05, 0.1) is 0 Å². The van der Waals surface area contributed by atoms with Crippen LogP contribution >= 0.6 is 0 Å². The number of carbonyl (C=O) groups is 2. The van der Waals surface area contributed by atoms with Gasteiger partial charge >= 0.3 is 0 Å². The Labute approximate surface area is 147 Å². The normalized spacial score (nSPS) is 10.6. The molecule has 0 saturated heterocycles. The molecule has 0 unspecified atom stereocenters. The molecule has 0 aliphatic carbocycles. The fourth-order valence-electron chi connectivity index (χ4n) is 2.40. The van der Waals surface area contributed by atoms with Crippen LogP contribution in [0.2, 0.25) is 0 Å². The van der Waals surface area contributed by atoms with Crippen LogP contribution in [0.5, 0.6) is 0 Å². The smallest absolute Gasteiger partial charge is 0.233 e. The number of hydrogen-bond donors (Lipinski definition) is 2. The number of amides is 2. The second kappa shape index (κ2) is 8.97. The molecule has 25 heavy (non-hydrogen) atoms. The van der Waals surface area contributed by atoms with Crippen molar-refractivity contribution in [1.29, 1.82) is 0 Å². The van der Waals surface area contributed by atoms with Crippen LogP contribution in [0.25, 0.3) is 0 Å². The lowest BCUT2D eigenvalue weighted by Gasteiger charge is -2.09. The molecule has 0 radical (unpaired) electrons. The van der Waals surface area contributed by atoms with Gasteiger partial charge in [-0.1, -0.05) is 44.2 Å². The van der Waals surface area contributed by atoms with Crippen LogP contribution in [0.4, 0.5) is 10.1 Å². The van der Waals surface area contributed by atoms with Crippen molar-refractivity contribution in [1.82, 2.24) is 5.32 Å². The van der Waals surface area contributed by atoms with E-state index in [0.717, 1.165) is 0 Å². The van der Waals surface area contributed by atoms with E-state index in [1.54, 1.807) is 18.2 Å². The first-order valence-electron chi connectivity index (χ1n) is 8.35. The highest BCUT2D eigenvalue weighted by molar-refractivity contribution is 6.03. The molecule has 0 aromatic heterocycles. The highest BCUT2D eigenvalue weighted by atomic mass is 19.1. The number of halogens is 1. The standard InChI is InChI=1S/C20H23FN2O2/c1-14(2)15-7-9-17(10-8-15)23-20(25)13-19(24)22-12-11-16-5-3-4-6-18(16)21/h3-10,14H,11-13H2,1-2H3,(H,22,24)(H,23,25). The molecule has 0 aliphatic heterocycles. The Hall–Kier alpha value is -2.69. The van der Waals surface area contributed by atoms with Gasteiger partial charge in [0.15, 0.2) is 0 Å². The lowest BCUT2D eigenvalue weighted by atomic mass is 10.0. The minimum absolute atomic E-state index is 0.261. The summed E-state index contributed by atoms with van der Waals surface area (Å²) in [6, 6.07) is 14.0. The van der Waals surface area contributed by atoms with Gasteiger partial charge in [-0.2, -0.15) is 0 Å². The molecule has 4 nitrogen and oxygen atoms in total. The first-order chi connectivity index (χ1) is 12.0. The summed E-state index contributed by atoms with van der Waals surface area (Å²) in [7, 11) is 0. The molecule has 0 atom stereocenters. The average molecular weight is 342 g/mol. The number of rotatable bonds is 7. The fourth-order valence-corrected chi connectivity index (χ4v) is 2.40. The third-order valence-corrected chi connectivity index (χ3v) is 3.86. The first kappa shape index (κ1) is 18.6. The monoisotopic (exact) mass is 342 g/mol. The van der Waals surface area contributed by atoms with Crippen LogP contribution in [0.3, 0.4) is 0 Å². The molecule has 0 bridgehead atoms. The minimum Gasteiger partial charge on any atom is -0.355 e. The fraction of sp³-hybridized carbons (Fsp3) is 0.300. The van der Waals surface area contributed by atoms with Crippen molar-refractivity contribution in [3.63, 3.8) is 0 Å². The molecular weight excluding hydrogens is 319 g/mol. The summed E-state index contributed by atoms with van der Waals surface area (Å²) in [6.45, 7) is 4.48. The van der Waals surface area contributed by atoms with Crippen molar-refractivity contribution in [2.75, 3.05) is 11.9 Å². The predicted octanol–water partition coefficient (Wildman–Crippen LogP) is 3.64. The Bertz CT molecular complexity index is 727. The minimum atomic E-state index is -0.382. The largest absolute Gasteiger partial charge is 0.355 e. The van der Waals surface area contributed by atoms with Crippen LogP contribution in [0.1, 0.15) is 37.3 Å². The van der Waals surface area contributed by atoms with E-state index < -0.39 is 0 Å². The van der Waals surface area contributed by atoms with Crippen molar-refractivity contribution in [2.45, 2.75) is 32.6 Å². The zero-order valence-corrected chi connectivity index (χ0v) is 14.5. The summed E-state index contributed by atoms with van der Waals surface area (Å²) in [5.41, 5.74) is 2.38. The summed E-state index contributed by atoms with van der Waals surface area (Å²) in [5.74, 6) is -0.627. The molecule has 2 rings (SSSR count). The second-order valence-corrected chi connectivity index (χ2v) is 6.19. The number of benzene rings is 2. The summed E-state index contributed by atoms with van der Waals surface area (Å²) in [5, 5.41) is 5.33. The molecule has 0 heterocycles.